The van der Waals surface area contributed by atoms with Gasteiger partial charge < -0.3 is 15.2 Å². The molecule has 0 aliphatic carbocycles. The Kier molecular flexibility index (Phi) is 5.28. The maximum atomic E-state index is 12.6. The average molecular weight is 381 g/mol. The summed E-state index contributed by atoms with van der Waals surface area (Å²) in [4.78, 5) is 25.4. The zero-order valence-corrected chi connectivity index (χ0v) is 16.0. The number of hydrogen-bond acceptors (Lipinski definition) is 4. The largest absolute Gasteiger partial charge is 0.497 e. The molecule has 0 spiro atoms. The zero-order valence-electron chi connectivity index (χ0n) is 15.2. The van der Waals surface area contributed by atoms with E-state index in [9.17, 15) is 14.7 Å². The number of ether oxygens (including phenoxy) is 1. The van der Waals surface area contributed by atoms with Gasteiger partial charge in [-0.1, -0.05) is 35.9 Å². The predicted molar refractivity (Wildman–Crippen MR) is 107 cm³/mol. The van der Waals surface area contributed by atoms with Crippen LogP contribution in [-0.2, 0) is 0 Å². The van der Waals surface area contributed by atoms with E-state index < -0.39 is 5.97 Å². The van der Waals surface area contributed by atoms with Gasteiger partial charge in [0.15, 0.2) is 0 Å². The molecular formula is C21H19NO4S. The van der Waals surface area contributed by atoms with Crippen LogP contribution in [0.3, 0.4) is 0 Å². The van der Waals surface area contributed by atoms with Crippen molar-refractivity contribution in [3.63, 3.8) is 0 Å². The van der Waals surface area contributed by atoms with E-state index >= 15 is 0 Å². The highest BCUT2D eigenvalue weighted by atomic mass is 32.1. The number of amides is 1. The number of carboxylic acids is 1. The Morgan fingerprint density at radius 2 is 1.78 bits per heavy atom. The molecule has 2 aromatic carbocycles. The van der Waals surface area contributed by atoms with Gasteiger partial charge in [0.1, 0.15) is 16.3 Å². The molecule has 0 saturated heterocycles. The molecule has 6 heteroatoms. The van der Waals surface area contributed by atoms with E-state index in [-0.39, 0.29) is 11.5 Å². The Bertz CT molecular complexity index is 1010. The van der Waals surface area contributed by atoms with E-state index in [2.05, 4.69) is 5.32 Å². The Hall–Kier alpha value is -3.12. The molecule has 0 bridgehead atoms. The molecule has 2 N–H and O–H groups in total. The zero-order chi connectivity index (χ0) is 19.6. The number of nitrogens with one attached hydrogen (secondary N) is 1. The van der Waals surface area contributed by atoms with E-state index in [0.717, 1.165) is 16.0 Å². The van der Waals surface area contributed by atoms with Crippen LogP contribution >= 0.6 is 11.3 Å². The Labute approximate surface area is 161 Å². The molecule has 0 radical (unpaired) electrons. The minimum absolute atomic E-state index is 0.109. The maximum Gasteiger partial charge on any atom is 0.339 e. The molecule has 5 nitrogen and oxygen atoms in total. The molecule has 1 amide bonds. The average Bonchev–Trinajstić information content (AvgIpc) is 2.98. The van der Waals surface area contributed by atoms with Crippen molar-refractivity contribution < 1.29 is 19.4 Å². The fourth-order valence-electron chi connectivity index (χ4n) is 2.84. The second kappa shape index (κ2) is 7.63. The lowest BCUT2D eigenvalue weighted by Gasteiger charge is -2.07. The standard InChI is InChI=1S/C21H19NO4S/c1-12-7-9-14(10-8-12)17-13(2)27-20(18(17)21(24)25)22-19(23)15-5-4-6-16(11-15)26-3/h4-11H,1-3H3,(H,22,23)(H,24,25). The van der Waals surface area contributed by atoms with Gasteiger partial charge in [-0.15, -0.1) is 11.3 Å². The number of carboxylic acid groups (broad SMARTS) is 1. The van der Waals surface area contributed by atoms with Gasteiger partial charge in [0.2, 0.25) is 0 Å². The first kappa shape index (κ1) is 18.7. The van der Waals surface area contributed by atoms with Crippen LogP contribution in [-0.4, -0.2) is 24.1 Å². The van der Waals surface area contributed by atoms with Gasteiger partial charge in [-0.25, -0.2) is 4.79 Å². The minimum atomic E-state index is -1.07. The molecule has 0 atom stereocenters. The number of aryl methyl sites for hydroxylation is 2. The first-order valence-corrected chi connectivity index (χ1v) is 9.11. The molecule has 0 unspecified atom stereocenters. The molecule has 138 valence electrons. The van der Waals surface area contributed by atoms with Crippen molar-refractivity contribution in [2.24, 2.45) is 0 Å². The maximum absolute atomic E-state index is 12.6. The highest BCUT2D eigenvalue weighted by Gasteiger charge is 2.24. The number of methoxy groups -OCH3 is 1. The molecule has 0 aliphatic heterocycles. The van der Waals surface area contributed by atoms with Crippen LogP contribution in [0.4, 0.5) is 5.00 Å². The third kappa shape index (κ3) is 3.85. The van der Waals surface area contributed by atoms with E-state index in [0.29, 0.717) is 21.9 Å². The van der Waals surface area contributed by atoms with Gasteiger partial charge in [-0.2, -0.15) is 0 Å². The van der Waals surface area contributed by atoms with Gasteiger partial charge in [0.05, 0.1) is 7.11 Å². The number of carbonyl (C=O) groups is 2. The van der Waals surface area contributed by atoms with Crippen LogP contribution in [0.1, 0.15) is 31.2 Å². The fraction of sp³-hybridized carbons (Fsp3) is 0.143. The predicted octanol–water partition coefficient (Wildman–Crippen LogP) is 4.99. The molecule has 1 heterocycles. The summed E-state index contributed by atoms with van der Waals surface area (Å²) < 4.78 is 5.14. The van der Waals surface area contributed by atoms with E-state index in [1.165, 1.54) is 18.4 Å². The number of rotatable bonds is 5. The van der Waals surface area contributed by atoms with Gasteiger partial charge in [0.25, 0.3) is 5.91 Å². The monoisotopic (exact) mass is 381 g/mol. The summed E-state index contributed by atoms with van der Waals surface area (Å²) in [5, 5.41) is 12.8. The van der Waals surface area contributed by atoms with E-state index in [4.69, 9.17) is 4.74 Å². The van der Waals surface area contributed by atoms with Crippen molar-refractivity contribution in [2.45, 2.75) is 13.8 Å². The molecule has 27 heavy (non-hydrogen) atoms. The molecule has 3 rings (SSSR count). The third-order valence-electron chi connectivity index (χ3n) is 4.20. The second-order valence-corrected chi connectivity index (χ2v) is 7.32. The van der Waals surface area contributed by atoms with Gasteiger partial charge in [-0.3, -0.25) is 4.79 Å². The molecule has 0 saturated carbocycles. The number of carbonyl (C=O) groups excluding carboxylic acids is 1. The fourth-order valence-corrected chi connectivity index (χ4v) is 3.91. The van der Waals surface area contributed by atoms with Crippen LogP contribution in [0.15, 0.2) is 48.5 Å². The summed E-state index contributed by atoms with van der Waals surface area (Å²) in [5.41, 5.74) is 3.04. The minimum Gasteiger partial charge on any atom is -0.497 e. The SMILES string of the molecule is COc1cccc(C(=O)Nc2sc(C)c(-c3ccc(C)cc3)c2C(=O)O)c1. The summed E-state index contributed by atoms with van der Waals surface area (Å²) in [5.74, 6) is -0.896. The molecule has 3 aromatic rings. The van der Waals surface area contributed by atoms with Crippen molar-refractivity contribution in [3.8, 4) is 16.9 Å². The van der Waals surface area contributed by atoms with Crippen LogP contribution in [0.25, 0.3) is 11.1 Å². The molecular weight excluding hydrogens is 362 g/mol. The molecule has 1 aromatic heterocycles. The summed E-state index contributed by atoms with van der Waals surface area (Å²) in [7, 11) is 1.52. The van der Waals surface area contributed by atoms with Crippen molar-refractivity contribution in [1.82, 2.24) is 0 Å². The van der Waals surface area contributed by atoms with Crippen molar-refractivity contribution in [1.29, 1.82) is 0 Å². The number of thiophene rings is 1. The van der Waals surface area contributed by atoms with Crippen LogP contribution in [0, 0.1) is 13.8 Å². The summed E-state index contributed by atoms with van der Waals surface area (Å²) in [6, 6.07) is 14.4. The molecule has 0 fully saturated rings. The van der Waals surface area contributed by atoms with Crippen molar-refractivity contribution >= 4 is 28.2 Å². The molecule has 0 aliphatic rings. The van der Waals surface area contributed by atoms with Crippen molar-refractivity contribution in [2.75, 3.05) is 12.4 Å². The number of benzene rings is 2. The smallest absolute Gasteiger partial charge is 0.339 e. The van der Waals surface area contributed by atoms with Crippen LogP contribution in [0.5, 0.6) is 5.75 Å². The summed E-state index contributed by atoms with van der Waals surface area (Å²) >= 11 is 1.26. The quantitative estimate of drug-likeness (QED) is 0.653. The first-order chi connectivity index (χ1) is 12.9. The first-order valence-electron chi connectivity index (χ1n) is 8.30. The lowest BCUT2D eigenvalue weighted by Crippen LogP contribution is -2.13. The van der Waals surface area contributed by atoms with Gasteiger partial charge >= 0.3 is 5.97 Å². The third-order valence-corrected chi connectivity index (χ3v) is 5.22. The summed E-state index contributed by atoms with van der Waals surface area (Å²) in [6.45, 7) is 3.83. The lowest BCUT2D eigenvalue weighted by molar-refractivity contribution is 0.0699. The highest BCUT2D eigenvalue weighted by Crippen LogP contribution is 2.40. The lowest BCUT2D eigenvalue weighted by atomic mass is 10.0. The normalized spacial score (nSPS) is 10.5. The van der Waals surface area contributed by atoms with Crippen molar-refractivity contribution in [3.05, 3.63) is 70.1 Å². The number of anilines is 1. The Morgan fingerprint density at radius 3 is 2.41 bits per heavy atom. The van der Waals surface area contributed by atoms with Gasteiger partial charge in [-0.05, 0) is 37.6 Å². The van der Waals surface area contributed by atoms with Gasteiger partial charge in [0, 0.05) is 16.0 Å². The second-order valence-electron chi connectivity index (χ2n) is 6.09. The van der Waals surface area contributed by atoms with E-state index in [1.54, 1.807) is 24.3 Å². The Balaban J connectivity index is 2.01. The van der Waals surface area contributed by atoms with E-state index in [1.807, 2.05) is 38.1 Å². The van der Waals surface area contributed by atoms with Crippen LogP contribution < -0.4 is 10.1 Å². The number of hydrogen-bond donors (Lipinski definition) is 2. The summed E-state index contributed by atoms with van der Waals surface area (Å²) in [6.07, 6.45) is 0. The number of aromatic carboxylic acids is 1. The Morgan fingerprint density at radius 1 is 1.07 bits per heavy atom. The van der Waals surface area contributed by atoms with Crippen LogP contribution in [0.2, 0.25) is 0 Å². The highest BCUT2D eigenvalue weighted by molar-refractivity contribution is 7.17. The topological polar surface area (TPSA) is 75.6 Å².